The Kier molecular flexibility index (Phi) is 5.03. The monoisotopic (exact) mass is 202 g/mol. The van der Waals surface area contributed by atoms with Gasteiger partial charge in [-0.25, -0.2) is 5.84 Å². The fourth-order valence-corrected chi connectivity index (χ4v) is 1.66. The largest absolute Gasteiger partial charge is 0.362 e. The van der Waals surface area contributed by atoms with Gasteiger partial charge in [0.15, 0.2) is 5.11 Å². The first kappa shape index (κ1) is 10.7. The summed E-state index contributed by atoms with van der Waals surface area (Å²) in [4.78, 5) is 2.49. The molecule has 0 bridgehead atoms. The quantitative estimate of drug-likeness (QED) is 0.255. The first-order valence-corrected chi connectivity index (χ1v) is 5.20. The molecule has 0 aromatic rings. The summed E-state index contributed by atoms with van der Waals surface area (Å²) in [6.07, 6.45) is 3.84. The minimum absolute atomic E-state index is 0.529. The van der Waals surface area contributed by atoms with Gasteiger partial charge in [-0.2, -0.15) is 0 Å². The number of nitrogens with two attached hydrogens (primary N) is 1. The normalized spacial score (nSPS) is 17.3. The molecule has 5 heteroatoms. The third kappa shape index (κ3) is 4.40. The van der Waals surface area contributed by atoms with Crippen molar-refractivity contribution in [1.82, 2.24) is 15.6 Å². The average molecular weight is 202 g/mol. The standard InChI is InChI=1S/C8H18N4S/c9-11-8(13)10-4-3-7-12-5-1-2-6-12/h1-7,9H2,(H2,10,11,13). The second-order valence-electron chi connectivity index (χ2n) is 3.30. The highest BCUT2D eigenvalue weighted by Crippen LogP contribution is 2.06. The summed E-state index contributed by atoms with van der Waals surface area (Å²) in [5, 5.41) is 3.55. The predicted octanol–water partition coefficient (Wildman–Crippen LogP) is -0.190. The van der Waals surface area contributed by atoms with Gasteiger partial charge in [0.1, 0.15) is 0 Å². The molecule has 0 saturated carbocycles. The van der Waals surface area contributed by atoms with Crippen LogP contribution in [0.5, 0.6) is 0 Å². The zero-order valence-corrected chi connectivity index (χ0v) is 8.70. The minimum atomic E-state index is 0.529. The van der Waals surface area contributed by atoms with Gasteiger partial charge in [0, 0.05) is 6.54 Å². The third-order valence-electron chi connectivity index (χ3n) is 2.27. The fraction of sp³-hybridized carbons (Fsp3) is 0.875. The molecule has 0 unspecified atom stereocenters. The van der Waals surface area contributed by atoms with Gasteiger partial charge in [-0.05, 0) is 51.1 Å². The van der Waals surface area contributed by atoms with E-state index < -0.39 is 0 Å². The first-order valence-electron chi connectivity index (χ1n) is 4.80. The lowest BCUT2D eigenvalue weighted by Crippen LogP contribution is -2.40. The molecule has 4 nitrogen and oxygen atoms in total. The number of nitrogens with one attached hydrogen (secondary N) is 2. The summed E-state index contributed by atoms with van der Waals surface area (Å²) in [7, 11) is 0. The van der Waals surface area contributed by atoms with E-state index in [-0.39, 0.29) is 0 Å². The highest BCUT2D eigenvalue weighted by atomic mass is 32.1. The lowest BCUT2D eigenvalue weighted by atomic mass is 10.4. The molecule has 1 rings (SSSR count). The Labute approximate surface area is 84.8 Å². The van der Waals surface area contributed by atoms with Gasteiger partial charge in [0.05, 0.1) is 0 Å². The maximum atomic E-state index is 5.11. The van der Waals surface area contributed by atoms with Crippen molar-refractivity contribution in [2.24, 2.45) is 5.84 Å². The summed E-state index contributed by atoms with van der Waals surface area (Å²) in [5.41, 5.74) is 2.40. The second-order valence-corrected chi connectivity index (χ2v) is 3.71. The molecule has 0 amide bonds. The van der Waals surface area contributed by atoms with Crippen molar-refractivity contribution in [3.05, 3.63) is 0 Å². The maximum Gasteiger partial charge on any atom is 0.180 e. The molecule has 13 heavy (non-hydrogen) atoms. The Morgan fingerprint density at radius 3 is 2.69 bits per heavy atom. The molecule has 0 aliphatic carbocycles. The van der Waals surface area contributed by atoms with Gasteiger partial charge in [0.25, 0.3) is 0 Å². The van der Waals surface area contributed by atoms with Crippen LogP contribution in [-0.2, 0) is 0 Å². The van der Waals surface area contributed by atoms with Crippen LogP contribution < -0.4 is 16.6 Å². The molecular formula is C8H18N4S. The van der Waals surface area contributed by atoms with E-state index in [2.05, 4.69) is 15.6 Å². The smallest absolute Gasteiger partial charge is 0.180 e. The molecule has 0 radical (unpaired) electrons. The number of hydrogen-bond acceptors (Lipinski definition) is 3. The fourth-order valence-electron chi connectivity index (χ4n) is 1.56. The number of hydrogen-bond donors (Lipinski definition) is 3. The molecule has 0 aromatic carbocycles. The molecule has 1 aliphatic rings. The highest BCUT2D eigenvalue weighted by molar-refractivity contribution is 7.80. The second kappa shape index (κ2) is 6.12. The highest BCUT2D eigenvalue weighted by Gasteiger charge is 2.09. The van der Waals surface area contributed by atoms with Crippen molar-refractivity contribution < 1.29 is 0 Å². The molecule has 1 fully saturated rings. The van der Waals surface area contributed by atoms with Crippen LogP contribution in [0.25, 0.3) is 0 Å². The lowest BCUT2D eigenvalue weighted by Gasteiger charge is -2.14. The zero-order valence-electron chi connectivity index (χ0n) is 7.88. The van der Waals surface area contributed by atoms with Crippen LogP contribution in [-0.4, -0.2) is 36.2 Å². The summed E-state index contributed by atoms with van der Waals surface area (Å²) < 4.78 is 0. The topological polar surface area (TPSA) is 53.3 Å². The molecule has 0 spiro atoms. The molecule has 1 heterocycles. The predicted molar refractivity (Wildman–Crippen MR) is 58.2 cm³/mol. The summed E-state index contributed by atoms with van der Waals surface area (Å²) in [5.74, 6) is 5.11. The Balaban J connectivity index is 1.91. The lowest BCUT2D eigenvalue weighted by molar-refractivity contribution is 0.334. The molecule has 76 valence electrons. The number of nitrogens with zero attached hydrogens (tertiary/aromatic N) is 1. The van der Waals surface area contributed by atoms with E-state index >= 15 is 0 Å². The van der Waals surface area contributed by atoms with Gasteiger partial charge < -0.3 is 15.6 Å². The third-order valence-corrected chi connectivity index (χ3v) is 2.53. The maximum absolute atomic E-state index is 5.11. The first-order chi connectivity index (χ1) is 6.33. The van der Waals surface area contributed by atoms with Gasteiger partial charge in [-0.1, -0.05) is 0 Å². The van der Waals surface area contributed by atoms with E-state index in [1.165, 1.54) is 32.5 Å². The van der Waals surface area contributed by atoms with Crippen LogP contribution in [0, 0.1) is 0 Å². The van der Waals surface area contributed by atoms with E-state index in [0.29, 0.717) is 5.11 Å². The van der Waals surface area contributed by atoms with Gasteiger partial charge in [-0.3, -0.25) is 0 Å². The number of hydrazine groups is 1. The summed E-state index contributed by atoms with van der Waals surface area (Å²) >= 11 is 4.84. The van der Waals surface area contributed by atoms with E-state index in [0.717, 1.165) is 13.0 Å². The Morgan fingerprint density at radius 2 is 2.08 bits per heavy atom. The summed E-state index contributed by atoms with van der Waals surface area (Å²) in [6.45, 7) is 4.60. The minimum Gasteiger partial charge on any atom is -0.362 e. The van der Waals surface area contributed by atoms with Crippen molar-refractivity contribution >= 4 is 17.3 Å². The average Bonchev–Trinajstić information content (AvgIpc) is 2.64. The SMILES string of the molecule is NNC(=S)NCCCN1CCCC1. The molecule has 0 aromatic heterocycles. The van der Waals surface area contributed by atoms with Crippen molar-refractivity contribution in [2.75, 3.05) is 26.2 Å². The van der Waals surface area contributed by atoms with Crippen LogP contribution in [0.2, 0.25) is 0 Å². The number of rotatable bonds is 4. The number of thiocarbonyl (C=S) groups is 1. The van der Waals surface area contributed by atoms with E-state index in [1.54, 1.807) is 0 Å². The molecule has 0 atom stereocenters. The Morgan fingerprint density at radius 1 is 1.38 bits per heavy atom. The van der Waals surface area contributed by atoms with Gasteiger partial charge in [0.2, 0.25) is 0 Å². The molecule has 4 N–H and O–H groups in total. The van der Waals surface area contributed by atoms with Crippen LogP contribution >= 0.6 is 12.2 Å². The van der Waals surface area contributed by atoms with Crippen LogP contribution in [0.15, 0.2) is 0 Å². The van der Waals surface area contributed by atoms with Crippen molar-refractivity contribution in [2.45, 2.75) is 19.3 Å². The van der Waals surface area contributed by atoms with Crippen LogP contribution in [0.1, 0.15) is 19.3 Å². The van der Waals surface area contributed by atoms with E-state index in [4.69, 9.17) is 18.1 Å². The van der Waals surface area contributed by atoms with E-state index in [1.807, 2.05) is 0 Å². The Hall–Kier alpha value is -0.390. The summed E-state index contributed by atoms with van der Waals surface area (Å²) in [6, 6.07) is 0. The van der Waals surface area contributed by atoms with Crippen molar-refractivity contribution in [3.8, 4) is 0 Å². The Bertz CT molecular complexity index is 156. The van der Waals surface area contributed by atoms with Gasteiger partial charge in [-0.15, -0.1) is 0 Å². The van der Waals surface area contributed by atoms with Crippen LogP contribution in [0.3, 0.4) is 0 Å². The molecule has 1 aliphatic heterocycles. The zero-order chi connectivity index (χ0) is 9.52. The van der Waals surface area contributed by atoms with Crippen molar-refractivity contribution in [3.63, 3.8) is 0 Å². The van der Waals surface area contributed by atoms with E-state index in [9.17, 15) is 0 Å². The van der Waals surface area contributed by atoms with Crippen molar-refractivity contribution in [1.29, 1.82) is 0 Å². The molecular weight excluding hydrogens is 184 g/mol. The molecule has 1 saturated heterocycles. The van der Waals surface area contributed by atoms with Gasteiger partial charge >= 0.3 is 0 Å². The number of likely N-dealkylation sites (tertiary alicyclic amines) is 1. The van der Waals surface area contributed by atoms with Crippen LogP contribution in [0.4, 0.5) is 0 Å².